The molecule has 0 spiro atoms. The van der Waals surface area contributed by atoms with E-state index in [1.165, 1.54) is 51.5 Å². The molecule has 0 radical (unpaired) electrons. The van der Waals surface area contributed by atoms with Crippen LogP contribution in [-0.4, -0.2) is 12.6 Å². The van der Waals surface area contributed by atoms with Gasteiger partial charge in [-0.25, -0.2) is 0 Å². The summed E-state index contributed by atoms with van der Waals surface area (Å²) < 4.78 is 0. The van der Waals surface area contributed by atoms with Crippen molar-refractivity contribution < 1.29 is 0 Å². The zero-order valence-electron chi connectivity index (χ0n) is 12.2. The first-order chi connectivity index (χ1) is 7.48. The van der Waals surface area contributed by atoms with Crippen molar-refractivity contribution in [3.63, 3.8) is 0 Å². The van der Waals surface area contributed by atoms with Crippen molar-refractivity contribution in [2.24, 2.45) is 5.41 Å². The van der Waals surface area contributed by atoms with Gasteiger partial charge in [-0.05, 0) is 25.3 Å². The molecule has 1 nitrogen and oxygen atoms in total. The number of hydrogen-bond donors (Lipinski definition) is 1. The standard InChI is InChI=1S/C15H33N/c1-6-7-8-9-10-11-12-13-16-14(2)15(3,4)5/h14,16H,6-13H2,1-5H3. The van der Waals surface area contributed by atoms with Crippen LogP contribution in [0, 0.1) is 5.41 Å². The Morgan fingerprint density at radius 2 is 1.38 bits per heavy atom. The van der Waals surface area contributed by atoms with Crippen LogP contribution in [0.4, 0.5) is 0 Å². The van der Waals surface area contributed by atoms with Crippen LogP contribution in [0.25, 0.3) is 0 Å². The second kappa shape index (κ2) is 9.04. The van der Waals surface area contributed by atoms with Crippen molar-refractivity contribution in [3.8, 4) is 0 Å². The van der Waals surface area contributed by atoms with Gasteiger partial charge in [-0.3, -0.25) is 0 Å². The molecule has 0 bridgehead atoms. The van der Waals surface area contributed by atoms with E-state index in [0.29, 0.717) is 11.5 Å². The van der Waals surface area contributed by atoms with Crippen LogP contribution in [-0.2, 0) is 0 Å². The summed E-state index contributed by atoms with van der Waals surface area (Å²) in [6, 6.07) is 0.618. The Labute approximate surface area is 103 Å². The van der Waals surface area contributed by atoms with E-state index >= 15 is 0 Å². The number of nitrogens with one attached hydrogen (secondary N) is 1. The van der Waals surface area contributed by atoms with E-state index in [-0.39, 0.29) is 0 Å². The topological polar surface area (TPSA) is 12.0 Å². The third-order valence-corrected chi connectivity index (χ3v) is 3.53. The van der Waals surface area contributed by atoms with Crippen LogP contribution < -0.4 is 5.32 Å². The van der Waals surface area contributed by atoms with E-state index in [9.17, 15) is 0 Å². The third-order valence-electron chi connectivity index (χ3n) is 3.53. The molecule has 0 saturated heterocycles. The van der Waals surface area contributed by atoms with Crippen LogP contribution >= 0.6 is 0 Å². The van der Waals surface area contributed by atoms with Crippen molar-refractivity contribution in [1.82, 2.24) is 5.32 Å². The fourth-order valence-corrected chi connectivity index (χ4v) is 1.71. The number of rotatable bonds is 9. The summed E-state index contributed by atoms with van der Waals surface area (Å²) in [5.41, 5.74) is 0.390. The maximum absolute atomic E-state index is 3.62. The molecule has 0 heterocycles. The molecule has 0 aromatic heterocycles. The lowest BCUT2D eigenvalue weighted by Crippen LogP contribution is -2.38. The van der Waals surface area contributed by atoms with Gasteiger partial charge in [0.1, 0.15) is 0 Å². The van der Waals surface area contributed by atoms with E-state index < -0.39 is 0 Å². The lowest BCUT2D eigenvalue weighted by atomic mass is 9.88. The largest absolute Gasteiger partial charge is 0.314 e. The number of unbranched alkanes of at least 4 members (excludes halogenated alkanes) is 6. The van der Waals surface area contributed by atoms with Gasteiger partial charge in [-0.15, -0.1) is 0 Å². The summed E-state index contributed by atoms with van der Waals surface area (Å²) in [6.07, 6.45) is 9.79. The first-order valence-electron chi connectivity index (χ1n) is 7.22. The highest BCUT2D eigenvalue weighted by atomic mass is 14.9. The summed E-state index contributed by atoms with van der Waals surface area (Å²) in [6.45, 7) is 12.7. The Kier molecular flexibility index (Phi) is 9.02. The molecule has 0 aliphatic rings. The molecule has 0 aliphatic heterocycles. The lowest BCUT2D eigenvalue weighted by Gasteiger charge is -2.28. The smallest absolute Gasteiger partial charge is 0.00872 e. The first-order valence-corrected chi connectivity index (χ1v) is 7.22. The van der Waals surface area contributed by atoms with Gasteiger partial charge in [0, 0.05) is 6.04 Å². The highest BCUT2D eigenvalue weighted by molar-refractivity contribution is 4.75. The molecule has 1 N–H and O–H groups in total. The molecule has 16 heavy (non-hydrogen) atoms. The van der Waals surface area contributed by atoms with Gasteiger partial charge in [0.2, 0.25) is 0 Å². The molecule has 98 valence electrons. The fraction of sp³-hybridized carbons (Fsp3) is 1.00. The second-order valence-corrected chi connectivity index (χ2v) is 6.16. The summed E-state index contributed by atoms with van der Waals surface area (Å²) >= 11 is 0. The molecule has 1 atom stereocenters. The van der Waals surface area contributed by atoms with Crippen molar-refractivity contribution in [3.05, 3.63) is 0 Å². The maximum atomic E-state index is 3.62. The Bertz CT molecular complexity index is 146. The predicted octanol–water partition coefficient (Wildman–Crippen LogP) is 4.76. The molecule has 0 amide bonds. The third kappa shape index (κ3) is 9.21. The highest BCUT2D eigenvalue weighted by Crippen LogP contribution is 2.18. The molecule has 0 fully saturated rings. The highest BCUT2D eigenvalue weighted by Gasteiger charge is 2.18. The zero-order valence-corrected chi connectivity index (χ0v) is 12.2. The van der Waals surface area contributed by atoms with Gasteiger partial charge in [-0.2, -0.15) is 0 Å². The fourth-order valence-electron chi connectivity index (χ4n) is 1.71. The van der Waals surface area contributed by atoms with E-state index in [1.807, 2.05) is 0 Å². The van der Waals surface area contributed by atoms with Crippen molar-refractivity contribution in [1.29, 1.82) is 0 Å². The van der Waals surface area contributed by atoms with Crippen molar-refractivity contribution >= 4 is 0 Å². The van der Waals surface area contributed by atoms with Crippen LogP contribution in [0.1, 0.15) is 79.6 Å². The van der Waals surface area contributed by atoms with Gasteiger partial charge in [0.25, 0.3) is 0 Å². The quantitative estimate of drug-likeness (QED) is 0.560. The summed E-state index contributed by atoms with van der Waals surface area (Å²) in [5.74, 6) is 0. The zero-order chi connectivity index (χ0) is 12.4. The van der Waals surface area contributed by atoms with Crippen LogP contribution in [0.3, 0.4) is 0 Å². The van der Waals surface area contributed by atoms with Crippen molar-refractivity contribution in [2.45, 2.75) is 85.6 Å². The van der Waals surface area contributed by atoms with Crippen molar-refractivity contribution in [2.75, 3.05) is 6.54 Å². The molecule has 0 saturated carbocycles. The monoisotopic (exact) mass is 227 g/mol. The molecule has 0 aromatic rings. The molecular weight excluding hydrogens is 194 g/mol. The SMILES string of the molecule is CCCCCCCCCNC(C)C(C)(C)C. The Morgan fingerprint density at radius 1 is 0.875 bits per heavy atom. The Morgan fingerprint density at radius 3 is 1.88 bits per heavy atom. The summed E-state index contributed by atoms with van der Waals surface area (Å²) in [5, 5.41) is 3.62. The maximum Gasteiger partial charge on any atom is 0.00872 e. The van der Waals surface area contributed by atoms with E-state index in [1.54, 1.807) is 0 Å². The normalized spacial score (nSPS) is 14.1. The number of hydrogen-bond acceptors (Lipinski definition) is 1. The molecule has 0 rings (SSSR count). The molecular formula is C15H33N. The summed E-state index contributed by atoms with van der Waals surface area (Å²) in [4.78, 5) is 0. The molecule has 1 heteroatoms. The average Bonchev–Trinajstić information content (AvgIpc) is 2.20. The minimum Gasteiger partial charge on any atom is -0.314 e. The van der Waals surface area contributed by atoms with Gasteiger partial charge >= 0.3 is 0 Å². The van der Waals surface area contributed by atoms with Crippen LogP contribution in [0.5, 0.6) is 0 Å². The molecule has 0 aliphatic carbocycles. The van der Waals surface area contributed by atoms with Gasteiger partial charge in [0.15, 0.2) is 0 Å². The van der Waals surface area contributed by atoms with Gasteiger partial charge in [0.05, 0.1) is 0 Å². The summed E-state index contributed by atoms with van der Waals surface area (Å²) in [7, 11) is 0. The average molecular weight is 227 g/mol. The van der Waals surface area contributed by atoms with Gasteiger partial charge in [-0.1, -0.05) is 66.2 Å². The van der Waals surface area contributed by atoms with E-state index in [0.717, 1.165) is 0 Å². The molecule has 1 unspecified atom stereocenters. The van der Waals surface area contributed by atoms with Gasteiger partial charge < -0.3 is 5.32 Å². The lowest BCUT2D eigenvalue weighted by molar-refractivity contribution is 0.285. The van der Waals surface area contributed by atoms with Crippen LogP contribution in [0.2, 0.25) is 0 Å². The minimum absolute atomic E-state index is 0.390. The Hall–Kier alpha value is -0.0400. The second-order valence-electron chi connectivity index (χ2n) is 6.16. The first kappa shape index (κ1) is 16.0. The Balaban J connectivity index is 3.21. The minimum atomic E-state index is 0.390. The predicted molar refractivity (Wildman–Crippen MR) is 74.9 cm³/mol. The molecule has 0 aromatic carbocycles. The van der Waals surface area contributed by atoms with Crippen LogP contribution in [0.15, 0.2) is 0 Å². The van der Waals surface area contributed by atoms with E-state index in [4.69, 9.17) is 0 Å². The van der Waals surface area contributed by atoms with E-state index in [2.05, 4.69) is 39.9 Å².